The molecule has 6 nitrogen and oxygen atoms in total. The molecule has 3 aromatic carbocycles. The number of imidazole rings is 1. The van der Waals surface area contributed by atoms with Gasteiger partial charge >= 0.3 is 6.09 Å². The van der Waals surface area contributed by atoms with Crippen LogP contribution in [0.15, 0.2) is 72.8 Å². The molecule has 1 N–H and O–H groups in total. The number of benzene rings is 3. The van der Waals surface area contributed by atoms with E-state index in [0.717, 1.165) is 46.4 Å². The number of fused-ring (bicyclic) bond motifs is 1. The van der Waals surface area contributed by atoms with Gasteiger partial charge in [-0.2, -0.15) is 5.26 Å². The Bertz CT molecular complexity index is 1290. The number of nitriles is 1. The Morgan fingerprint density at radius 3 is 2.66 bits per heavy atom. The first-order chi connectivity index (χ1) is 15.7. The van der Waals surface area contributed by atoms with Gasteiger partial charge in [0, 0.05) is 6.54 Å². The number of carbonyl (C=O) groups excluding carboxylic acids is 1. The fourth-order valence-electron chi connectivity index (χ4n) is 4.18. The van der Waals surface area contributed by atoms with Crippen molar-refractivity contribution in [3.8, 4) is 17.2 Å². The Morgan fingerprint density at radius 2 is 1.88 bits per heavy atom. The highest BCUT2D eigenvalue weighted by Gasteiger charge is 2.33. The number of aromatic amines is 1. The molecule has 2 heterocycles. The van der Waals surface area contributed by atoms with Gasteiger partial charge in [0.1, 0.15) is 12.4 Å². The Labute approximate surface area is 186 Å². The minimum absolute atomic E-state index is 0.121. The highest BCUT2D eigenvalue weighted by atomic mass is 16.6. The number of nitrogens with zero attached hydrogens (tertiary/aromatic N) is 3. The van der Waals surface area contributed by atoms with Gasteiger partial charge in [-0.15, -0.1) is 0 Å². The molecule has 0 spiro atoms. The lowest BCUT2D eigenvalue weighted by atomic mass is 10.0. The van der Waals surface area contributed by atoms with Crippen LogP contribution in [-0.4, -0.2) is 27.5 Å². The van der Waals surface area contributed by atoms with Crippen LogP contribution in [0, 0.1) is 11.3 Å². The molecule has 1 aliphatic rings. The summed E-state index contributed by atoms with van der Waals surface area (Å²) in [5.74, 6) is 0.783. The van der Waals surface area contributed by atoms with E-state index >= 15 is 0 Å². The number of hydrogen-bond donors (Lipinski definition) is 1. The highest BCUT2D eigenvalue weighted by molar-refractivity contribution is 5.82. The molecule has 1 fully saturated rings. The maximum atomic E-state index is 12.7. The first-order valence-electron chi connectivity index (χ1n) is 10.7. The first-order valence-corrected chi connectivity index (χ1v) is 10.7. The largest absolute Gasteiger partial charge is 0.445 e. The van der Waals surface area contributed by atoms with E-state index in [9.17, 15) is 4.79 Å². The van der Waals surface area contributed by atoms with E-state index < -0.39 is 0 Å². The number of H-pyrrole nitrogens is 1. The molecule has 4 aromatic rings. The summed E-state index contributed by atoms with van der Waals surface area (Å²) in [5, 5.41) is 9.00. The van der Waals surface area contributed by atoms with Crippen LogP contribution in [0.3, 0.4) is 0 Å². The SMILES string of the molecule is N#Cc1ccc(-c2ccc3nc(C4CCCN4C(=O)OCc4ccccc4)[nH]c3c2)cc1. The number of aromatic nitrogens is 2. The van der Waals surface area contributed by atoms with Crippen LogP contribution in [0.5, 0.6) is 0 Å². The summed E-state index contributed by atoms with van der Waals surface area (Å²) in [6.45, 7) is 0.919. The van der Waals surface area contributed by atoms with Crippen molar-refractivity contribution >= 4 is 17.1 Å². The Kier molecular flexibility index (Phi) is 5.30. The topological polar surface area (TPSA) is 82.0 Å². The van der Waals surface area contributed by atoms with Crippen LogP contribution in [0.4, 0.5) is 4.79 Å². The van der Waals surface area contributed by atoms with Crippen molar-refractivity contribution in [3.05, 3.63) is 89.7 Å². The second kappa shape index (κ2) is 8.56. The van der Waals surface area contributed by atoms with E-state index in [1.54, 1.807) is 4.90 Å². The van der Waals surface area contributed by atoms with E-state index in [-0.39, 0.29) is 18.7 Å². The van der Waals surface area contributed by atoms with Crippen LogP contribution in [0.25, 0.3) is 22.2 Å². The van der Waals surface area contributed by atoms with Crippen molar-refractivity contribution in [2.75, 3.05) is 6.54 Å². The molecular formula is C26H22N4O2. The Hall–Kier alpha value is -4.11. The number of ether oxygens (including phenoxy) is 1. The molecule has 0 saturated carbocycles. The van der Waals surface area contributed by atoms with Crippen LogP contribution >= 0.6 is 0 Å². The third-order valence-electron chi connectivity index (χ3n) is 5.86. The third-order valence-corrected chi connectivity index (χ3v) is 5.86. The number of nitrogens with one attached hydrogen (secondary N) is 1. The molecule has 5 rings (SSSR count). The van der Waals surface area contributed by atoms with E-state index in [1.807, 2.05) is 66.7 Å². The van der Waals surface area contributed by atoms with Crippen molar-refractivity contribution in [1.29, 1.82) is 5.26 Å². The average Bonchev–Trinajstić information content (AvgIpc) is 3.50. The predicted molar refractivity (Wildman–Crippen MR) is 122 cm³/mol. The quantitative estimate of drug-likeness (QED) is 0.466. The lowest BCUT2D eigenvalue weighted by Crippen LogP contribution is -2.31. The fourth-order valence-corrected chi connectivity index (χ4v) is 4.18. The summed E-state index contributed by atoms with van der Waals surface area (Å²) in [4.78, 5) is 22.7. The number of amides is 1. The molecule has 1 saturated heterocycles. The molecule has 1 aliphatic heterocycles. The summed E-state index contributed by atoms with van der Waals surface area (Å²) >= 11 is 0. The molecule has 0 radical (unpaired) electrons. The van der Waals surface area contributed by atoms with Gasteiger partial charge in [0.25, 0.3) is 0 Å². The molecule has 6 heteroatoms. The van der Waals surface area contributed by atoms with Gasteiger partial charge < -0.3 is 9.72 Å². The predicted octanol–water partition coefficient (Wildman–Crippen LogP) is 5.58. The zero-order valence-electron chi connectivity index (χ0n) is 17.5. The van der Waals surface area contributed by atoms with Crippen molar-refractivity contribution < 1.29 is 9.53 Å². The summed E-state index contributed by atoms with van der Waals surface area (Å²) < 4.78 is 5.56. The van der Waals surface area contributed by atoms with Crippen LogP contribution in [0.1, 0.15) is 35.8 Å². The normalized spacial score (nSPS) is 15.6. The smallest absolute Gasteiger partial charge is 0.410 e. The molecule has 32 heavy (non-hydrogen) atoms. The molecule has 158 valence electrons. The second-order valence-electron chi connectivity index (χ2n) is 7.93. The summed E-state index contributed by atoms with van der Waals surface area (Å²) in [6.07, 6.45) is 1.46. The van der Waals surface area contributed by atoms with E-state index in [0.29, 0.717) is 12.1 Å². The zero-order chi connectivity index (χ0) is 21.9. The molecule has 1 unspecified atom stereocenters. The number of rotatable bonds is 4. The van der Waals surface area contributed by atoms with E-state index in [2.05, 4.69) is 17.1 Å². The summed E-state index contributed by atoms with van der Waals surface area (Å²) in [5.41, 5.74) is 5.47. The first kappa shape index (κ1) is 19.8. The standard InChI is InChI=1S/C26H22N4O2/c27-16-18-8-10-20(11-9-18)21-12-13-22-23(15-21)29-25(28-22)24-7-4-14-30(24)26(31)32-17-19-5-2-1-3-6-19/h1-3,5-6,8-13,15,24H,4,7,14,17H2,(H,28,29). The maximum absolute atomic E-state index is 12.7. The molecule has 1 amide bonds. The van der Waals surface area contributed by atoms with Gasteiger partial charge in [-0.05, 0) is 53.8 Å². The van der Waals surface area contributed by atoms with Crippen LogP contribution in [-0.2, 0) is 11.3 Å². The van der Waals surface area contributed by atoms with Gasteiger partial charge in [0.15, 0.2) is 0 Å². The van der Waals surface area contributed by atoms with Crippen molar-refractivity contribution in [1.82, 2.24) is 14.9 Å². The van der Waals surface area contributed by atoms with Gasteiger partial charge in [-0.3, -0.25) is 4.90 Å². The third kappa shape index (κ3) is 3.93. The number of hydrogen-bond acceptors (Lipinski definition) is 4. The molecule has 1 aromatic heterocycles. The minimum Gasteiger partial charge on any atom is -0.445 e. The lowest BCUT2D eigenvalue weighted by molar-refractivity contribution is 0.0910. The van der Waals surface area contributed by atoms with Crippen molar-refractivity contribution in [2.45, 2.75) is 25.5 Å². The van der Waals surface area contributed by atoms with Gasteiger partial charge in [0.05, 0.1) is 28.7 Å². The Morgan fingerprint density at radius 1 is 1.09 bits per heavy atom. The van der Waals surface area contributed by atoms with Gasteiger partial charge in [0.2, 0.25) is 0 Å². The number of carbonyl (C=O) groups is 1. The van der Waals surface area contributed by atoms with E-state index in [1.165, 1.54) is 0 Å². The highest BCUT2D eigenvalue weighted by Crippen LogP contribution is 2.33. The van der Waals surface area contributed by atoms with Gasteiger partial charge in [-0.25, -0.2) is 9.78 Å². The summed E-state index contributed by atoms with van der Waals surface area (Å²) in [6, 6.07) is 25.3. The van der Waals surface area contributed by atoms with Crippen molar-refractivity contribution in [2.24, 2.45) is 0 Å². The average molecular weight is 422 g/mol. The Balaban J connectivity index is 1.35. The monoisotopic (exact) mass is 422 g/mol. The van der Waals surface area contributed by atoms with Crippen LogP contribution in [0.2, 0.25) is 0 Å². The number of likely N-dealkylation sites (tertiary alicyclic amines) is 1. The van der Waals surface area contributed by atoms with Crippen LogP contribution < -0.4 is 0 Å². The second-order valence-corrected chi connectivity index (χ2v) is 7.93. The van der Waals surface area contributed by atoms with Gasteiger partial charge in [-0.1, -0.05) is 48.5 Å². The molecule has 1 atom stereocenters. The summed E-state index contributed by atoms with van der Waals surface area (Å²) in [7, 11) is 0. The molecule has 0 bridgehead atoms. The minimum atomic E-state index is -0.310. The van der Waals surface area contributed by atoms with E-state index in [4.69, 9.17) is 15.0 Å². The maximum Gasteiger partial charge on any atom is 0.410 e. The fraction of sp³-hybridized carbons (Fsp3) is 0.192. The zero-order valence-corrected chi connectivity index (χ0v) is 17.5. The van der Waals surface area contributed by atoms with Crippen molar-refractivity contribution in [3.63, 3.8) is 0 Å². The lowest BCUT2D eigenvalue weighted by Gasteiger charge is -2.22. The molecule has 0 aliphatic carbocycles. The molecular weight excluding hydrogens is 400 g/mol.